The largest absolute Gasteiger partial charge is 0.355 e. The molecule has 0 rings (SSSR count). The standard InChI is InChI=1S/C14H31N3O/c1-6-9-17(14(4,5)11-15)10-13(18)16-8-7-12(2)3/h12H,6-11,15H2,1-5H3,(H,16,18). The lowest BCUT2D eigenvalue weighted by atomic mass is 10.0. The van der Waals surface area contributed by atoms with Crippen LogP contribution in [0.15, 0.2) is 0 Å². The molecule has 1 amide bonds. The van der Waals surface area contributed by atoms with Gasteiger partial charge in [-0.15, -0.1) is 0 Å². The summed E-state index contributed by atoms with van der Waals surface area (Å²) in [5.41, 5.74) is 5.66. The van der Waals surface area contributed by atoms with Crippen LogP contribution in [0.3, 0.4) is 0 Å². The summed E-state index contributed by atoms with van der Waals surface area (Å²) >= 11 is 0. The van der Waals surface area contributed by atoms with Crippen molar-refractivity contribution < 1.29 is 4.79 Å². The summed E-state index contributed by atoms with van der Waals surface area (Å²) < 4.78 is 0. The lowest BCUT2D eigenvalue weighted by Gasteiger charge is -2.37. The minimum Gasteiger partial charge on any atom is -0.355 e. The molecule has 4 heteroatoms. The van der Waals surface area contributed by atoms with Gasteiger partial charge in [-0.05, 0) is 39.2 Å². The molecule has 0 bridgehead atoms. The molecule has 0 aliphatic heterocycles. The molecule has 0 heterocycles. The Hall–Kier alpha value is -0.610. The minimum atomic E-state index is -0.120. The molecule has 0 unspecified atom stereocenters. The summed E-state index contributed by atoms with van der Waals surface area (Å²) in [6, 6.07) is 0. The summed E-state index contributed by atoms with van der Waals surface area (Å²) in [5.74, 6) is 0.725. The molecule has 3 N–H and O–H groups in total. The number of amides is 1. The number of nitrogens with one attached hydrogen (secondary N) is 1. The van der Waals surface area contributed by atoms with Crippen LogP contribution in [0.25, 0.3) is 0 Å². The van der Waals surface area contributed by atoms with Crippen molar-refractivity contribution in [2.75, 3.05) is 26.2 Å². The van der Waals surface area contributed by atoms with Gasteiger partial charge in [0.25, 0.3) is 0 Å². The number of carbonyl (C=O) groups excluding carboxylic acids is 1. The summed E-state index contributed by atoms with van der Waals surface area (Å²) in [5, 5.41) is 2.98. The van der Waals surface area contributed by atoms with E-state index < -0.39 is 0 Å². The van der Waals surface area contributed by atoms with Crippen LogP contribution >= 0.6 is 0 Å². The first kappa shape index (κ1) is 17.4. The molecule has 0 atom stereocenters. The van der Waals surface area contributed by atoms with Crippen LogP contribution in [0.4, 0.5) is 0 Å². The Morgan fingerprint density at radius 2 is 2.00 bits per heavy atom. The van der Waals surface area contributed by atoms with Gasteiger partial charge >= 0.3 is 0 Å². The van der Waals surface area contributed by atoms with Crippen LogP contribution in [0, 0.1) is 5.92 Å². The summed E-state index contributed by atoms with van der Waals surface area (Å²) in [6.45, 7) is 13.3. The third-order valence-corrected chi connectivity index (χ3v) is 3.23. The van der Waals surface area contributed by atoms with E-state index in [9.17, 15) is 4.79 Å². The molecule has 0 saturated heterocycles. The molecule has 0 saturated carbocycles. The predicted octanol–water partition coefficient (Wildman–Crippen LogP) is 1.60. The highest BCUT2D eigenvalue weighted by molar-refractivity contribution is 5.78. The van der Waals surface area contributed by atoms with Gasteiger partial charge in [0, 0.05) is 18.6 Å². The molecule has 18 heavy (non-hydrogen) atoms. The van der Waals surface area contributed by atoms with E-state index in [2.05, 4.69) is 44.8 Å². The van der Waals surface area contributed by atoms with E-state index in [0.717, 1.165) is 25.9 Å². The Balaban J connectivity index is 4.20. The molecule has 0 spiro atoms. The maximum Gasteiger partial charge on any atom is 0.234 e. The fourth-order valence-electron chi connectivity index (χ4n) is 1.72. The van der Waals surface area contributed by atoms with Gasteiger partial charge in [0.15, 0.2) is 0 Å². The van der Waals surface area contributed by atoms with Crippen LogP contribution in [-0.2, 0) is 4.79 Å². The molecular weight excluding hydrogens is 226 g/mol. The third-order valence-electron chi connectivity index (χ3n) is 3.23. The second-order valence-electron chi connectivity index (χ2n) is 5.97. The lowest BCUT2D eigenvalue weighted by Crippen LogP contribution is -2.53. The van der Waals surface area contributed by atoms with Gasteiger partial charge in [-0.1, -0.05) is 20.8 Å². The average molecular weight is 257 g/mol. The fraction of sp³-hybridized carbons (Fsp3) is 0.929. The predicted molar refractivity (Wildman–Crippen MR) is 77.5 cm³/mol. The zero-order valence-electron chi connectivity index (χ0n) is 12.8. The number of nitrogens with zero attached hydrogens (tertiary/aromatic N) is 1. The first-order valence-electron chi connectivity index (χ1n) is 7.05. The fourth-order valence-corrected chi connectivity index (χ4v) is 1.72. The van der Waals surface area contributed by atoms with Crippen molar-refractivity contribution in [3.63, 3.8) is 0 Å². The normalized spacial score (nSPS) is 12.2. The summed E-state index contributed by atoms with van der Waals surface area (Å²) in [7, 11) is 0. The summed E-state index contributed by atoms with van der Waals surface area (Å²) in [6.07, 6.45) is 2.06. The molecule has 0 fully saturated rings. The van der Waals surface area contributed by atoms with Crippen LogP contribution in [-0.4, -0.2) is 42.5 Å². The van der Waals surface area contributed by atoms with Gasteiger partial charge in [-0.25, -0.2) is 0 Å². The first-order chi connectivity index (χ1) is 8.33. The molecule has 0 radical (unpaired) electrons. The van der Waals surface area contributed by atoms with E-state index in [0.29, 0.717) is 19.0 Å². The van der Waals surface area contributed by atoms with Crippen LogP contribution in [0.1, 0.15) is 47.5 Å². The highest BCUT2D eigenvalue weighted by atomic mass is 16.2. The van der Waals surface area contributed by atoms with Gasteiger partial charge in [-0.2, -0.15) is 0 Å². The van der Waals surface area contributed by atoms with E-state index in [-0.39, 0.29) is 11.4 Å². The van der Waals surface area contributed by atoms with Crippen molar-refractivity contribution in [1.82, 2.24) is 10.2 Å². The molecule has 0 aliphatic rings. The van der Waals surface area contributed by atoms with Gasteiger partial charge < -0.3 is 11.1 Å². The highest BCUT2D eigenvalue weighted by Gasteiger charge is 2.26. The Labute approximate surface area is 112 Å². The number of nitrogens with two attached hydrogens (primary N) is 1. The Morgan fingerprint density at radius 3 is 2.44 bits per heavy atom. The molecule has 0 aromatic carbocycles. The average Bonchev–Trinajstić information content (AvgIpc) is 2.28. The van der Waals surface area contributed by atoms with Crippen molar-refractivity contribution in [1.29, 1.82) is 0 Å². The van der Waals surface area contributed by atoms with Gasteiger partial charge in [0.1, 0.15) is 0 Å². The number of rotatable bonds is 9. The Kier molecular flexibility index (Phi) is 8.20. The number of carbonyl (C=O) groups is 1. The minimum absolute atomic E-state index is 0.102. The van der Waals surface area contributed by atoms with E-state index >= 15 is 0 Å². The van der Waals surface area contributed by atoms with E-state index in [1.807, 2.05) is 0 Å². The second-order valence-corrected chi connectivity index (χ2v) is 5.97. The quantitative estimate of drug-likeness (QED) is 0.659. The van der Waals surface area contributed by atoms with Crippen LogP contribution in [0.5, 0.6) is 0 Å². The van der Waals surface area contributed by atoms with Gasteiger partial charge in [-0.3, -0.25) is 9.69 Å². The van der Waals surface area contributed by atoms with Gasteiger partial charge in [0.05, 0.1) is 6.54 Å². The first-order valence-corrected chi connectivity index (χ1v) is 7.05. The SMILES string of the molecule is CCCN(CC(=O)NCCC(C)C)C(C)(C)CN. The van der Waals surface area contributed by atoms with E-state index in [1.54, 1.807) is 0 Å². The molecule has 108 valence electrons. The lowest BCUT2D eigenvalue weighted by molar-refractivity contribution is -0.123. The molecule has 4 nitrogen and oxygen atoms in total. The van der Waals surface area contributed by atoms with Crippen molar-refractivity contribution in [3.05, 3.63) is 0 Å². The zero-order chi connectivity index (χ0) is 14.2. The van der Waals surface area contributed by atoms with Crippen LogP contribution in [0.2, 0.25) is 0 Å². The van der Waals surface area contributed by atoms with Gasteiger partial charge in [0.2, 0.25) is 5.91 Å². The Morgan fingerprint density at radius 1 is 1.39 bits per heavy atom. The maximum atomic E-state index is 11.9. The van der Waals surface area contributed by atoms with Crippen molar-refractivity contribution in [2.24, 2.45) is 11.7 Å². The number of hydrogen-bond acceptors (Lipinski definition) is 3. The molecular formula is C14H31N3O. The molecule has 0 aliphatic carbocycles. The number of hydrogen-bond donors (Lipinski definition) is 2. The second kappa shape index (κ2) is 8.48. The smallest absolute Gasteiger partial charge is 0.234 e. The highest BCUT2D eigenvalue weighted by Crippen LogP contribution is 2.12. The Bertz CT molecular complexity index is 239. The maximum absolute atomic E-state index is 11.9. The van der Waals surface area contributed by atoms with E-state index in [1.165, 1.54) is 0 Å². The molecule has 0 aromatic heterocycles. The van der Waals surface area contributed by atoms with E-state index in [4.69, 9.17) is 5.73 Å². The molecule has 0 aromatic rings. The monoisotopic (exact) mass is 257 g/mol. The zero-order valence-corrected chi connectivity index (χ0v) is 12.8. The topological polar surface area (TPSA) is 58.4 Å². The van der Waals surface area contributed by atoms with Crippen LogP contribution < -0.4 is 11.1 Å². The van der Waals surface area contributed by atoms with Crippen molar-refractivity contribution in [3.8, 4) is 0 Å². The third kappa shape index (κ3) is 6.97. The van der Waals surface area contributed by atoms with Crippen molar-refractivity contribution in [2.45, 2.75) is 53.0 Å². The van der Waals surface area contributed by atoms with Crippen molar-refractivity contribution >= 4 is 5.91 Å². The summed E-state index contributed by atoms with van der Waals surface area (Å²) in [4.78, 5) is 14.0.